The van der Waals surface area contributed by atoms with Crippen molar-refractivity contribution >= 4 is 18.7 Å². The second-order valence-electron chi connectivity index (χ2n) is 7.87. The highest BCUT2D eigenvalue weighted by Gasteiger charge is 2.06. The largest absolute Gasteiger partial charge is 0.466 e. The van der Waals surface area contributed by atoms with Crippen LogP contribution in [-0.4, -0.2) is 19.7 Å². The highest BCUT2D eigenvalue weighted by molar-refractivity contribution is 7.45. The molecule has 1 heterocycles. The molecule has 0 radical (unpaired) electrons. The average molecular weight is 435 g/mol. The maximum atomic E-state index is 8.88. The van der Waals surface area contributed by atoms with Gasteiger partial charge in [-0.1, -0.05) is 58.7 Å². The van der Waals surface area contributed by atoms with Gasteiger partial charge in [0.1, 0.15) is 0 Å². The summed E-state index contributed by atoms with van der Waals surface area (Å²) in [6.45, 7) is 8.56. The van der Waals surface area contributed by atoms with Gasteiger partial charge in [-0.15, -0.1) is 0 Å². The predicted octanol–water partition coefficient (Wildman–Crippen LogP) is 5.87. The van der Waals surface area contributed by atoms with E-state index in [-0.39, 0.29) is 0 Å². The fraction of sp³-hybridized carbons (Fsp3) is 0.160. The molecule has 0 spiro atoms. The number of pyridine rings is 1. The van der Waals surface area contributed by atoms with Crippen molar-refractivity contribution in [3.8, 4) is 22.4 Å². The van der Waals surface area contributed by atoms with Gasteiger partial charge in [-0.25, -0.2) is 9.55 Å². The predicted molar refractivity (Wildman–Crippen MR) is 126 cm³/mol. The SMILES string of the molecule is Cc1cc(C)cc(-c2ccc3nc(-c4cc(C)cc(C)c4)ccc3c2)c1.O=P(O)(O)O. The first-order valence-corrected chi connectivity index (χ1v) is 11.4. The normalized spacial score (nSPS) is 11.2. The zero-order chi connectivity index (χ0) is 22.8. The number of benzene rings is 3. The Morgan fingerprint density at radius 1 is 0.613 bits per heavy atom. The van der Waals surface area contributed by atoms with Gasteiger partial charge in [0, 0.05) is 10.9 Å². The maximum Gasteiger partial charge on any atom is 0.466 e. The number of nitrogens with zero attached hydrogens (tertiary/aromatic N) is 1. The Morgan fingerprint density at radius 2 is 1.10 bits per heavy atom. The molecule has 160 valence electrons. The number of hydrogen-bond donors (Lipinski definition) is 3. The number of fused-ring (bicyclic) bond motifs is 1. The summed E-state index contributed by atoms with van der Waals surface area (Å²) in [6.07, 6.45) is 0. The van der Waals surface area contributed by atoms with Crippen LogP contribution in [0.4, 0.5) is 0 Å². The van der Waals surface area contributed by atoms with Crippen LogP contribution in [0.15, 0.2) is 66.7 Å². The van der Waals surface area contributed by atoms with Crippen LogP contribution < -0.4 is 0 Å². The fourth-order valence-electron chi connectivity index (χ4n) is 3.73. The Morgan fingerprint density at radius 3 is 1.61 bits per heavy atom. The second-order valence-corrected chi connectivity index (χ2v) is 8.90. The molecule has 3 aromatic carbocycles. The molecule has 31 heavy (non-hydrogen) atoms. The molecule has 0 unspecified atom stereocenters. The standard InChI is InChI=1S/C25H23N.H3O4P/c1-16-9-17(2)12-22(11-16)20-5-7-24-21(15-20)6-8-25(26-24)23-13-18(3)10-19(4)14-23;1-5(2,3)4/h5-15H,1-4H3;(H3,1,2,3,4). The third-order valence-corrected chi connectivity index (χ3v) is 4.76. The highest BCUT2D eigenvalue weighted by atomic mass is 31.2. The lowest BCUT2D eigenvalue weighted by molar-refractivity contribution is 0.275. The third kappa shape index (κ3) is 6.58. The molecule has 1 aromatic heterocycles. The van der Waals surface area contributed by atoms with Gasteiger partial charge in [0.25, 0.3) is 0 Å². The van der Waals surface area contributed by atoms with Gasteiger partial charge in [0.2, 0.25) is 0 Å². The zero-order valence-electron chi connectivity index (χ0n) is 18.0. The summed E-state index contributed by atoms with van der Waals surface area (Å²) in [7, 11) is -4.64. The van der Waals surface area contributed by atoms with Gasteiger partial charge < -0.3 is 14.7 Å². The lowest BCUT2D eigenvalue weighted by atomic mass is 9.99. The minimum Gasteiger partial charge on any atom is -0.303 e. The number of aryl methyl sites for hydroxylation is 4. The van der Waals surface area contributed by atoms with E-state index in [0.29, 0.717) is 0 Å². The van der Waals surface area contributed by atoms with Crippen LogP contribution in [0.5, 0.6) is 0 Å². The van der Waals surface area contributed by atoms with Crippen molar-refractivity contribution in [2.75, 3.05) is 0 Å². The average Bonchev–Trinajstić information content (AvgIpc) is 2.64. The molecule has 0 atom stereocenters. The fourth-order valence-corrected chi connectivity index (χ4v) is 3.73. The Bertz CT molecular complexity index is 1150. The second kappa shape index (κ2) is 9.13. The summed E-state index contributed by atoms with van der Waals surface area (Å²) in [4.78, 5) is 26.5. The molecule has 0 aliphatic rings. The molecule has 0 amide bonds. The van der Waals surface area contributed by atoms with Crippen molar-refractivity contribution in [1.29, 1.82) is 0 Å². The quantitative estimate of drug-likeness (QED) is 0.342. The van der Waals surface area contributed by atoms with E-state index in [2.05, 4.69) is 94.4 Å². The van der Waals surface area contributed by atoms with Crippen molar-refractivity contribution in [3.05, 3.63) is 89.0 Å². The van der Waals surface area contributed by atoms with Gasteiger partial charge in [-0.3, -0.25) is 0 Å². The van der Waals surface area contributed by atoms with E-state index in [0.717, 1.165) is 11.2 Å². The summed E-state index contributed by atoms with van der Waals surface area (Å²) in [5.41, 5.74) is 10.9. The summed E-state index contributed by atoms with van der Waals surface area (Å²) in [5, 5.41) is 1.18. The van der Waals surface area contributed by atoms with Crippen LogP contribution in [0.2, 0.25) is 0 Å². The van der Waals surface area contributed by atoms with Crippen LogP contribution in [-0.2, 0) is 4.57 Å². The molecule has 4 aromatic rings. The van der Waals surface area contributed by atoms with Crippen LogP contribution in [0.25, 0.3) is 33.3 Å². The molecule has 3 N–H and O–H groups in total. The molecule has 5 nitrogen and oxygen atoms in total. The van der Waals surface area contributed by atoms with E-state index in [1.165, 1.54) is 44.3 Å². The molecule has 4 rings (SSSR count). The van der Waals surface area contributed by atoms with E-state index in [1.807, 2.05) is 0 Å². The topological polar surface area (TPSA) is 90.7 Å². The van der Waals surface area contributed by atoms with Crippen molar-refractivity contribution in [2.45, 2.75) is 27.7 Å². The Hall–Kier alpha value is -2.82. The van der Waals surface area contributed by atoms with E-state index in [4.69, 9.17) is 24.2 Å². The van der Waals surface area contributed by atoms with Crippen molar-refractivity contribution in [1.82, 2.24) is 4.98 Å². The molecule has 0 saturated heterocycles. The van der Waals surface area contributed by atoms with Gasteiger partial charge in [-0.05, 0) is 69.2 Å². The van der Waals surface area contributed by atoms with Crippen LogP contribution in [0.1, 0.15) is 22.3 Å². The van der Waals surface area contributed by atoms with E-state index < -0.39 is 7.82 Å². The summed E-state index contributed by atoms with van der Waals surface area (Å²) >= 11 is 0. The molecular weight excluding hydrogens is 409 g/mol. The summed E-state index contributed by atoms with van der Waals surface area (Å²) < 4.78 is 8.88. The summed E-state index contributed by atoms with van der Waals surface area (Å²) in [5.74, 6) is 0. The number of phosphoric acid groups is 1. The van der Waals surface area contributed by atoms with Crippen LogP contribution >= 0.6 is 7.82 Å². The van der Waals surface area contributed by atoms with Gasteiger partial charge >= 0.3 is 7.82 Å². The van der Waals surface area contributed by atoms with E-state index >= 15 is 0 Å². The number of aromatic nitrogens is 1. The molecular formula is C25H26NO4P. The highest BCUT2D eigenvalue weighted by Crippen LogP contribution is 2.28. The minimum atomic E-state index is -4.64. The van der Waals surface area contributed by atoms with Gasteiger partial charge in [0.15, 0.2) is 0 Å². The minimum absolute atomic E-state index is 1.03. The van der Waals surface area contributed by atoms with Crippen molar-refractivity contribution in [2.24, 2.45) is 0 Å². The Balaban J connectivity index is 0.000000491. The molecule has 0 saturated carbocycles. The summed E-state index contributed by atoms with van der Waals surface area (Å²) in [6, 6.07) is 24.1. The van der Waals surface area contributed by atoms with E-state index in [9.17, 15) is 0 Å². The Kier molecular flexibility index (Phi) is 6.73. The first kappa shape index (κ1) is 22.9. The maximum absolute atomic E-state index is 8.88. The number of rotatable bonds is 2. The first-order valence-electron chi connectivity index (χ1n) is 9.84. The smallest absolute Gasteiger partial charge is 0.303 e. The molecule has 0 bridgehead atoms. The zero-order valence-corrected chi connectivity index (χ0v) is 18.9. The van der Waals surface area contributed by atoms with Gasteiger partial charge in [-0.2, -0.15) is 0 Å². The first-order chi connectivity index (χ1) is 14.5. The van der Waals surface area contributed by atoms with Gasteiger partial charge in [0.05, 0.1) is 11.2 Å². The van der Waals surface area contributed by atoms with Crippen LogP contribution in [0, 0.1) is 27.7 Å². The lowest BCUT2D eigenvalue weighted by Crippen LogP contribution is -1.89. The van der Waals surface area contributed by atoms with Crippen molar-refractivity contribution < 1.29 is 19.2 Å². The van der Waals surface area contributed by atoms with Crippen molar-refractivity contribution in [3.63, 3.8) is 0 Å². The molecule has 0 aliphatic heterocycles. The van der Waals surface area contributed by atoms with E-state index in [1.54, 1.807) is 0 Å². The van der Waals surface area contributed by atoms with Crippen LogP contribution in [0.3, 0.4) is 0 Å². The Labute approximate surface area is 182 Å². The number of hydrogen-bond acceptors (Lipinski definition) is 2. The third-order valence-electron chi connectivity index (χ3n) is 4.76. The molecule has 0 fully saturated rings. The molecule has 6 heteroatoms. The molecule has 0 aliphatic carbocycles. The monoisotopic (exact) mass is 435 g/mol. The lowest BCUT2D eigenvalue weighted by Gasteiger charge is -2.09.